The van der Waals surface area contributed by atoms with Crippen LogP contribution in [0.5, 0.6) is 0 Å². The van der Waals surface area contributed by atoms with E-state index in [9.17, 15) is 14.7 Å². The summed E-state index contributed by atoms with van der Waals surface area (Å²) in [5.74, 6) is -1.02. The minimum atomic E-state index is -1.01. The van der Waals surface area contributed by atoms with Crippen LogP contribution < -0.4 is 0 Å². The standard InChI is InChI=1S/C16H20BrNO4/c1-11-8-12(17)4-5-13(11)14(19)18-7-3-6-16(9-18,10-22-2)15(20)21/h4-5,8H,3,6-7,9-10H2,1-2H3,(H,20,21). The third-order valence-corrected chi connectivity index (χ3v) is 4.65. The number of amides is 1. The van der Waals surface area contributed by atoms with Crippen molar-refractivity contribution in [3.63, 3.8) is 0 Å². The van der Waals surface area contributed by atoms with E-state index in [2.05, 4.69) is 15.9 Å². The Kier molecular flexibility index (Phi) is 5.24. The van der Waals surface area contributed by atoms with Crippen LogP contribution in [0.4, 0.5) is 0 Å². The van der Waals surface area contributed by atoms with E-state index in [1.54, 1.807) is 11.0 Å². The number of rotatable bonds is 4. The highest BCUT2D eigenvalue weighted by Crippen LogP contribution is 2.32. The maximum atomic E-state index is 12.7. The van der Waals surface area contributed by atoms with Gasteiger partial charge in [-0.25, -0.2) is 0 Å². The lowest BCUT2D eigenvalue weighted by Gasteiger charge is -2.39. The Bertz CT molecular complexity index is 586. The first-order valence-corrected chi connectivity index (χ1v) is 7.97. The largest absolute Gasteiger partial charge is 0.481 e. The van der Waals surface area contributed by atoms with Crippen molar-refractivity contribution < 1.29 is 19.4 Å². The predicted molar refractivity (Wildman–Crippen MR) is 86.0 cm³/mol. The van der Waals surface area contributed by atoms with Gasteiger partial charge < -0.3 is 14.7 Å². The highest BCUT2D eigenvalue weighted by Gasteiger charge is 2.44. The summed E-state index contributed by atoms with van der Waals surface area (Å²) in [7, 11) is 1.49. The number of hydrogen-bond donors (Lipinski definition) is 1. The minimum Gasteiger partial charge on any atom is -0.481 e. The number of piperidine rings is 1. The van der Waals surface area contributed by atoms with Crippen LogP contribution in [0.15, 0.2) is 22.7 Å². The summed E-state index contributed by atoms with van der Waals surface area (Å²) in [6.07, 6.45) is 1.19. The molecule has 1 aromatic carbocycles. The van der Waals surface area contributed by atoms with Crippen molar-refractivity contribution in [3.8, 4) is 0 Å². The molecule has 0 bridgehead atoms. The third-order valence-electron chi connectivity index (χ3n) is 4.16. The van der Waals surface area contributed by atoms with E-state index in [0.717, 1.165) is 10.0 Å². The summed E-state index contributed by atoms with van der Waals surface area (Å²) in [5, 5.41) is 9.56. The topological polar surface area (TPSA) is 66.8 Å². The molecular weight excluding hydrogens is 350 g/mol. The fraction of sp³-hybridized carbons (Fsp3) is 0.500. The van der Waals surface area contributed by atoms with Crippen LogP contribution in [0.1, 0.15) is 28.8 Å². The number of aliphatic carboxylic acids is 1. The number of carbonyl (C=O) groups excluding carboxylic acids is 1. The van der Waals surface area contributed by atoms with Crippen LogP contribution in [0.3, 0.4) is 0 Å². The second kappa shape index (κ2) is 6.79. The van der Waals surface area contributed by atoms with Gasteiger partial charge in [-0.05, 0) is 43.5 Å². The molecule has 1 aliphatic heterocycles. The van der Waals surface area contributed by atoms with Gasteiger partial charge in [-0.15, -0.1) is 0 Å². The number of likely N-dealkylation sites (tertiary alicyclic amines) is 1. The number of ether oxygens (including phenoxy) is 1. The Morgan fingerprint density at radius 1 is 1.45 bits per heavy atom. The van der Waals surface area contributed by atoms with Gasteiger partial charge in [0.05, 0.1) is 6.61 Å². The zero-order valence-electron chi connectivity index (χ0n) is 12.8. The summed E-state index contributed by atoms with van der Waals surface area (Å²) in [6.45, 7) is 2.75. The molecule has 0 saturated carbocycles. The molecular formula is C16H20BrNO4. The van der Waals surface area contributed by atoms with E-state index < -0.39 is 11.4 Å². The zero-order valence-corrected chi connectivity index (χ0v) is 14.4. The maximum Gasteiger partial charge on any atom is 0.313 e. The molecule has 0 spiro atoms. The van der Waals surface area contributed by atoms with E-state index in [0.29, 0.717) is 24.9 Å². The van der Waals surface area contributed by atoms with E-state index >= 15 is 0 Å². The highest BCUT2D eigenvalue weighted by molar-refractivity contribution is 9.10. The summed E-state index contributed by atoms with van der Waals surface area (Å²) >= 11 is 3.38. The third kappa shape index (κ3) is 3.33. The normalized spacial score (nSPS) is 21.7. The molecule has 0 aromatic heterocycles. The number of nitrogens with zero attached hydrogens (tertiary/aromatic N) is 1. The average molecular weight is 370 g/mol. The van der Waals surface area contributed by atoms with Gasteiger partial charge in [0.15, 0.2) is 0 Å². The molecule has 1 N–H and O–H groups in total. The molecule has 1 fully saturated rings. The van der Waals surface area contributed by atoms with Gasteiger partial charge in [-0.2, -0.15) is 0 Å². The number of carboxylic acids is 1. The number of carbonyl (C=O) groups is 2. The van der Waals surface area contributed by atoms with Gasteiger partial charge in [-0.3, -0.25) is 9.59 Å². The second-order valence-electron chi connectivity index (χ2n) is 5.81. The van der Waals surface area contributed by atoms with E-state index in [1.807, 2.05) is 19.1 Å². The number of methoxy groups -OCH3 is 1. The number of carboxylic acid groups (broad SMARTS) is 1. The summed E-state index contributed by atoms with van der Waals surface area (Å²) in [4.78, 5) is 26.0. The molecule has 120 valence electrons. The Balaban J connectivity index is 2.24. The SMILES string of the molecule is COCC1(C(=O)O)CCCN(C(=O)c2ccc(Br)cc2C)C1. The molecule has 6 heteroatoms. The number of halogens is 1. The van der Waals surface area contributed by atoms with Gasteiger partial charge in [0.1, 0.15) is 5.41 Å². The number of aryl methyl sites for hydroxylation is 1. The first-order valence-electron chi connectivity index (χ1n) is 7.17. The van der Waals surface area contributed by atoms with Gasteiger partial charge >= 0.3 is 5.97 Å². The summed E-state index contributed by atoms with van der Waals surface area (Å²) in [6, 6.07) is 5.48. The smallest absolute Gasteiger partial charge is 0.313 e. The molecule has 2 rings (SSSR count). The summed E-state index contributed by atoms with van der Waals surface area (Å²) in [5.41, 5.74) is 0.478. The van der Waals surface area contributed by atoms with Crippen LogP contribution in [0, 0.1) is 12.3 Å². The summed E-state index contributed by atoms with van der Waals surface area (Å²) < 4.78 is 6.01. The monoisotopic (exact) mass is 369 g/mol. The molecule has 0 radical (unpaired) electrons. The first-order chi connectivity index (χ1) is 10.4. The molecule has 22 heavy (non-hydrogen) atoms. The van der Waals surface area contributed by atoms with Crippen molar-refractivity contribution in [1.82, 2.24) is 4.90 Å². The van der Waals surface area contributed by atoms with Crippen molar-refractivity contribution in [1.29, 1.82) is 0 Å². The lowest BCUT2D eigenvalue weighted by atomic mass is 9.80. The van der Waals surface area contributed by atoms with Crippen molar-refractivity contribution >= 4 is 27.8 Å². The van der Waals surface area contributed by atoms with Crippen molar-refractivity contribution in [2.45, 2.75) is 19.8 Å². The Morgan fingerprint density at radius 3 is 2.77 bits per heavy atom. The molecule has 5 nitrogen and oxygen atoms in total. The molecule has 1 amide bonds. The van der Waals surface area contributed by atoms with Crippen LogP contribution in [0.25, 0.3) is 0 Å². The lowest BCUT2D eigenvalue weighted by Crippen LogP contribution is -2.52. The van der Waals surface area contributed by atoms with E-state index in [-0.39, 0.29) is 19.1 Å². The van der Waals surface area contributed by atoms with Gasteiger partial charge in [0.2, 0.25) is 0 Å². The molecule has 1 saturated heterocycles. The maximum absolute atomic E-state index is 12.7. The van der Waals surface area contributed by atoms with E-state index in [4.69, 9.17) is 4.74 Å². The van der Waals surface area contributed by atoms with Crippen molar-refractivity contribution in [2.75, 3.05) is 26.8 Å². The number of hydrogen-bond acceptors (Lipinski definition) is 3. The van der Waals surface area contributed by atoms with Crippen LogP contribution in [0.2, 0.25) is 0 Å². The molecule has 1 aromatic rings. The van der Waals surface area contributed by atoms with Crippen molar-refractivity contribution in [2.24, 2.45) is 5.41 Å². The van der Waals surface area contributed by atoms with Gasteiger partial charge in [0.25, 0.3) is 5.91 Å². The molecule has 0 aliphatic carbocycles. The van der Waals surface area contributed by atoms with Crippen LogP contribution in [-0.2, 0) is 9.53 Å². The predicted octanol–water partition coefficient (Wildman–Crippen LogP) is 2.71. The van der Waals surface area contributed by atoms with Gasteiger partial charge in [-0.1, -0.05) is 15.9 Å². The Hall–Kier alpha value is -1.40. The van der Waals surface area contributed by atoms with Gasteiger partial charge in [0, 0.05) is 30.2 Å². The number of benzene rings is 1. The highest BCUT2D eigenvalue weighted by atomic mass is 79.9. The second-order valence-corrected chi connectivity index (χ2v) is 6.72. The van der Waals surface area contributed by atoms with Crippen molar-refractivity contribution in [3.05, 3.63) is 33.8 Å². The average Bonchev–Trinajstić information content (AvgIpc) is 2.47. The Morgan fingerprint density at radius 2 is 2.18 bits per heavy atom. The molecule has 1 aliphatic rings. The zero-order chi connectivity index (χ0) is 16.3. The molecule has 1 heterocycles. The van der Waals surface area contributed by atoms with Crippen LogP contribution >= 0.6 is 15.9 Å². The molecule has 1 unspecified atom stereocenters. The quantitative estimate of drug-likeness (QED) is 0.885. The fourth-order valence-corrected chi connectivity index (χ4v) is 3.45. The van der Waals surface area contributed by atoms with Crippen LogP contribution in [-0.4, -0.2) is 48.7 Å². The fourth-order valence-electron chi connectivity index (χ4n) is 2.97. The lowest BCUT2D eigenvalue weighted by molar-refractivity contribution is -0.155. The first kappa shape index (κ1) is 17.0. The van der Waals surface area contributed by atoms with E-state index in [1.165, 1.54) is 7.11 Å². The molecule has 1 atom stereocenters. The minimum absolute atomic E-state index is 0.117. The Labute approximate surface area is 138 Å².